The molecule has 2 amide bonds. The molecule has 124 valence electrons. The van der Waals surface area contributed by atoms with Crippen LogP contribution < -0.4 is 0 Å². The lowest BCUT2D eigenvalue weighted by molar-refractivity contribution is -0.137. The zero-order chi connectivity index (χ0) is 16.6. The van der Waals surface area contributed by atoms with Gasteiger partial charge in [0, 0.05) is 32.1 Å². The van der Waals surface area contributed by atoms with Gasteiger partial charge in [-0.3, -0.25) is 9.59 Å². The normalized spacial score (nSPS) is 24.3. The summed E-state index contributed by atoms with van der Waals surface area (Å²) in [4.78, 5) is 29.0. The number of aryl methyl sites for hydroxylation is 1. The maximum absolute atomic E-state index is 12.9. The average molecular weight is 314 g/mol. The molecular formula is C19H26N2O2. The predicted molar refractivity (Wildman–Crippen MR) is 89.7 cm³/mol. The summed E-state index contributed by atoms with van der Waals surface area (Å²) in [6.07, 6.45) is 1.69. The Balaban J connectivity index is 1.68. The SMILES string of the molecule is Cc1cccc(CN2CC[C@@]3(CCN(C(=O)C(C)C)C3)C2=O)c1. The van der Waals surface area contributed by atoms with Crippen LogP contribution in [0.1, 0.15) is 37.8 Å². The van der Waals surface area contributed by atoms with Crippen molar-refractivity contribution in [2.75, 3.05) is 19.6 Å². The van der Waals surface area contributed by atoms with Crippen molar-refractivity contribution in [3.8, 4) is 0 Å². The van der Waals surface area contributed by atoms with E-state index in [4.69, 9.17) is 0 Å². The third kappa shape index (κ3) is 2.99. The summed E-state index contributed by atoms with van der Waals surface area (Å²) in [5.41, 5.74) is 2.08. The molecule has 3 rings (SSSR count). The number of hydrogen-bond donors (Lipinski definition) is 0. The van der Waals surface area contributed by atoms with Crippen LogP contribution in [0.15, 0.2) is 24.3 Å². The molecule has 0 bridgehead atoms. The Kier molecular flexibility index (Phi) is 4.17. The van der Waals surface area contributed by atoms with Gasteiger partial charge in [0.2, 0.25) is 11.8 Å². The Bertz CT molecular complexity index is 626. The number of likely N-dealkylation sites (tertiary alicyclic amines) is 2. The van der Waals surface area contributed by atoms with E-state index in [1.807, 2.05) is 29.7 Å². The largest absolute Gasteiger partial charge is 0.341 e. The van der Waals surface area contributed by atoms with Gasteiger partial charge in [-0.05, 0) is 25.3 Å². The van der Waals surface area contributed by atoms with E-state index < -0.39 is 0 Å². The molecule has 2 aliphatic heterocycles. The molecule has 4 heteroatoms. The third-order valence-corrected chi connectivity index (χ3v) is 5.22. The molecule has 4 nitrogen and oxygen atoms in total. The molecule has 1 spiro atoms. The summed E-state index contributed by atoms with van der Waals surface area (Å²) in [6, 6.07) is 8.33. The van der Waals surface area contributed by atoms with E-state index in [-0.39, 0.29) is 23.1 Å². The van der Waals surface area contributed by atoms with Gasteiger partial charge in [-0.15, -0.1) is 0 Å². The molecule has 2 saturated heterocycles. The fraction of sp³-hybridized carbons (Fsp3) is 0.579. The van der Waals surface area contributed by atoms with Crippen LogP contribution in [0, 0.1) is 18.3 Å². The fourth-order valence-corrected chi connectivity index (χ4v) is 3.88. The molecule has 0 aliphatic carbocycles. The minimum Gasteiger partial charge on any atom is -0.341 e. The lowest BCUT2D eigenvalue weighted by Crippen LogP contribution is -2.39. The number of benzene rings is 1. The molecule has 2 aliphatic rings. The molecule has 23 heavy (non-hydrogen) atoms. The van der Waals surface area contributed by atoms with Crippen molar-refractivity contribution in [2.45, 2.75) is 40.2 Å². The number of rotatable bonds is 3. The van der Waals surface area contributed by atoms with Gasteiger partial charge in [-0.1, -0.05) is 43.7 Å². The summed E-state index contributed by atoms with van der Waals surface area (Å²) in [7, 11) is 0. The van der Waals surface area contributed by atoms with Crippen LogP contribution >= 0.6 is 0 Å². The highest BCUT2D eigenvalue weighted by molar-refractivity contribution is 5.87. The van der Waals surface area contributed by atoms with E-state index in [9.17, 15) is 9.59 Å². The van der Waals surface area contributed by atoms with Crippen molar-refractivity contribution in [3.05, 3.63) is 35.4 Å². The number of carbonyl (C=O) groups excluding carboxylic acids is 2. The lowest BCUT2D eigenvalue weighted by atomic mass is 9.85. The van der Waals surface area contributed by atoms with E-state index in [1.165, 1.54) is 11.1 Å². The molecular weight excluding hydrogens is 288 g/mol. The van der Waals surface area contributed by atoms with Crippen LogP contribution in [0.5, 0.6) is 0 Å². The van der Waals surface area contributed by atoms with Gasteiger partial charge in [0.05, 0.1) is 5.41 Å². The topological polar surface area (TPSA) is 40.6 Å². The third-order valence-electron chi connectivity index (χ3n) is 5.22. The van der Waals surface area contributed by atoms with Crippen molar-refractivity contribution in [3.63, 3.8) is 0 Å². The quantitative estimate of drug-likeness (QED) is 0.860. The van der Waals surface area contributed by atoms with E-state index in [1.54, 1.807) is 0 Å². The van der Waals surface area contributed by atoms with Crippen molar-refractivity contribution in [1.82, 2.24) is 9.80 Å². The standard InChI is InChI=1S/C19H26N2O2/c1-14(2)17(22)21-10-8-19(13-21)7-9-20(18(19)23)12-16-6-4-5-15(3)11-16/h4-6,11,14H,7-10,12-13H2,1-3H3/t19-/m0/s1. The first-order chi connectivity index (χ1) is 10.9. The van der Waals surface area contributed by atoms with Crippen LogP contribution in [-0.4, -0.2) is 41.2 Å². The van der Waals surface area contributed by atoms with Crippen molar-refractivity contribution in [2.24, 2.45) is 11.3 Å². The first kappa shape index (κ1) is 16.0. The molecule has 0 aromatic heterocycles. The summed E-state index contributed by atoms with van der Waals surface area (Å²) >= 11 is 0. The van der Waals surface area contributed by atoms with Gasteiger partial charge in [-0.2, -0.15) is 0 Å². The second-order valence-corrected chi connectivity index (χ2v) is 7.41. The van der Waals surface area contributed by atoms with Gasteiger partial charge in [0.25, 0.3) is 0 Å². The summed E-state index contributed by atoms with van der Waals surface area (Å²) in [5.74, 6) is 0.412. The average Bonchev–Trinajstić information content (AvgIpc) is 3.07. The van der Waals surface area contributed by atoms with Crippen molar-refractivity contribution in [1.29, 1.82) is 0 Å². The minimum absolute atomic E-state index is 0.00468. The predicted octanol–water partition coefficient (Wildman–Crippen LogP) is 2.60. The Labute approximate surface area is 138 Å². The van der Waals surface area contributed by atoms with Gasteiger partial charge < -0.3 is 9.80 Å². The molecule has 1 aromatic carbocycles. The maximum Gasteiger partial charge on any atom is 0.231 e. The zero-order valence-electron chi connectivity index (χ0n) is 14.3. The van der Waals surface area contributed by atoms with Crippen LogP contribution in [0.3, 0.4) is 0 Å². The minimum atomic E-state index is -0.325. The molecule has 2 fully saturated rings. The molecule has 0 radical (unpaired) electrons. The smallest absolute Gasteiger partial charge is 0.231 e. The van der Waals surface area contributed by atoms with Gasteiger partial charge in [0.1, 0.15) is 0 Å². The van der Waals surface area contributed by atoms with Crippen LogP contribution in [0.4, 0.5) is 0 Å². The number of amides is 2. The number of carbonyl (C=O) groups is 2. The Morgan fingerprint density at radius 2 is 2.00 bits per heavy atom. The highest BCUT2D eigenvalue weighted by Gasteiger charge is 2.51. The second kappa shape index (κ2) is 5.99. The molecule has 2 heterocycles. The summed E-state index contributed by atoms with van der Waals surface area (Å²) in [5, 5.41) is 0. The highest BCUT2D eigenvalue weighted by atomic mass is 16.2. The number of nitrogens with zero attached hydrogens (tertiary/aromatic N) is 2. The first-order valence-electron chi connectivity index (χ1n) is 8.55. The molecule has 0 N–H and O–H groups in total. The van der Waals surface area contributed by atoms with Crippen molar-refractivity contribution < 1.29 is 9.59 Å². The van der Waals surface area contributed by atoms with Crippen LogP contribution in [0.2, 0.25) is 0 Å². The molecule has 1 atom stereocenters. The van der Waals surface area contributed by atoms with E-state index >= 15 is 0 Å². The van der Waals surface area contributed by atoms with Gasteiger partial charge in [0.15, 0.2) is 0 Å². The molecule has 0 unspecified atom stereocenters. The highest BCUT2D eigenvalue weighted by Crippen LogP contribution is 2.41. The Morgan fingerprint density at radius 3 is 2.70 bits per heavy atom. The second-order valence-electron chi connectivity index (χ2n) is 7.41. The van der Waals surface area contributed by atoms with Gasteiger partial charge in [-0.25, -0.2) is 0 Å². The van der Waals surface area contributed by atoms with E-state index in [2.05, 4.69) is 25.1 Å². The Morgan fingerprint density at radius 1 is 1.26 bits per heavy atom. The van der Waals surface area contributed by atoms with Crippen molar-refractivity contribution >= 4 is 11.8 Å². The number of hydrogen-bond acceptors (Lipinski definition) is 2. The summed E-state index contributed by atoms with van der Waals surface area (Å²) < 4.78 is 0. The maximum atomic E-state index is 12.9. The lowest BCUT2D eigenvalue weighted by Gasteiger charge is -2.24. The summed E-state index contributed by atoms with van der Waals surface area (Å²) in [6.45, 7) is 8.73. The Hall–Kier alpha value is -1.84. The molecule has 0 saturated carbocycles. The van der Waals surface area contributed by atoms with E-state index in [0.29, 0.717) is 13.1 Å². The molecule has 1 aromatic rings. The van der Waals surface area contributed by atoms with Gasteiger partial charge >= 0.3 is 0 Å². The fourth-order valence-electron chi connectivity index (χ4n) is 3.88. The zero-order valence-corrected chi connectivity index (χ0v) is 14.3. The van der Waals surface area contributed by atoms with Crippen LogP contribution in [-0.2, 0) is 16.1 Å². The van der Waals surface area contributed by atoms with Crippen LogP contribution in [0.25, 0.3) is 0 Å². The monoisotopic (exact) mass is 314 g/mol. The first-order valence-corrected chi connectivity index (χ1v) is 8.55. The van der Waals surface area contributed by atoms with E-state index in [0.717, 1.165) is 25.9 Å².